The summed E-state index contributed by atoms with van der Waals surface area (Å²) in [5.74, 6) is 0.434. The number of rotatable bonds is 6. The molecule has 4 aliphatic rings. The summed E-state index contributed by atoms with van der Waals surface area (Å²) >= 11 is 0. The molecule has 1 spiro atoms. The molecule has 0 aromatic heterocycles. The van der Waals surface area contributed by atoms with Crippen molar-refractivity contribution >= 4 is 5.97 Å². The number of ether oxygens (including phenoxy) is 1. The molecule has 30 heavy (non-hydrogen) atoms. The first-order valence-corrected chi connectivity index (χ1v) is 11.7. The first-order valence-electron chi connectivity index (χ1n) is 11.7. The van der Waals surface area contributed by atoms with E-state index in [4.69, 9.17) is 4.74 Å². The average molecular weight is 411 g/mol. The van der Waals surface area contributed by atoms with E-state index in [0.717, 1.165) is 71.2 Å². The van der Waals surface area contributed by atoms with Gasteiger partial charge in [-0.25, -0.2) is 0 Å². The molecule has 2 heterocycles. The highest BCUT2D eigenvalue weighted by atomic mass is 16.5. The predicted octanol–water partition coefficient (Wildman–Crippen LogP) is 3.77. The molecule has 2 N–H and O–H groups in total. The Balaban J connectivity index is 1.04. The van der Waals surface area contributed by atoms with Crippen molar-refractivity contribution in [1.82, 2.24) is 10.2 Å². The van der Waals surface area contributed by atoms with Gasteiger partial charge < -0.3 is 20.1 Å². The molecule has 5 rings (SSSR count). The van der Waals surface area contributed by atoms with Crippen molar-refractivity contribution in [2.45, 2.75) is 62.5 Å². The summed E-state index contributed by atoms with van der Waals surface area (Å²) in [7, 11) is 0. The van der Waals surface area contributed by atoms with Crippen molar-refractivity contribution in [1.29, 1.82) is 0 Å². The van der Waals surface area contributed by atoms with Crippen molar-refractivity contribution < 1.29 is 14.6 Å². The average Bonchev–Trinajstić information content (AvgIpc) is 3.43. The summed E-state index contributed by atoms with van der Waals surface area (Å²) in [5, 5.41) is 12.9. The highest BCUT2D eigenvalue weighted by Gasteiger charge is 2.44. The largest absolute Gasteiger partial charge is 0.481 e. The van der Waals surface area contributed by atoms with E-state index >= 15 is 0 Å². The quantitative estimate of drug-likeness (QED) is 0.748. The third-order valence-electron chi connectivity index (χ3n) is 7.79. The Labute approximate surface area is 179 Å². The fraction of sp³-hybridized carbons (Fsp3) is 0.640. The van der Waals surface area contributed by atoms with Crippen LogP contribution in [0.15, 0.2) is 42.1 Å². The number of allylic oxidation sites excluding steroid dienone is 2. The van der Waals surface area contributed by atoms with Gasteiger partial charge >= 0.3 is 5.97 Å². The summed E-state index contributed by atoms with van der Waals surface area (Å²) in [4.78, 5) is 13.7. The van der Waals surface area contributed by atoms with Crippen LogP contribution in [0.3, 0.4) is 0 Å². The van der Waals surface area contributed by atoms with Gasteiger partial charge in [-0.3, -0.25) is 4.79 Å². The summed E-state index contributed by atoms with van der Waals surface area (Å²) in [6.07, 6.45) is 9.53. The number of nitrogens with one attached hydrogen (secondary N) is 1. The van der Waals surface area contributed by atoms with Crippen LogP contribution < -0.4 is 5.32 Å². The summed E-state index contributed by atoms with van der Waals surface area (Å²) in [5.41, 5.74) is 2.80. The Morgan fingerprint density at radius 2 is 1.87 bits per heavy atom. The number of benzene rings is 1. The second-order valence-corrected chi connectivity index (χ2v) is 9.91. The van der Waals surface area contributed by atoms with E-state index in [0.29, 0.717) is 17.9 Å². The van der Waals surface area contributed by atoms with E-state index in [1.165, 1.54) is 11.3 Å². The Morgan fingerprint density at radius 3 is 2.57 bits per heavy atom. The zero-order chi connectivity index (χ0) is 20.6. The summed E-state index contributed by atoms with van der Waals surface area (Å²) in [6.45, 7) is 4.18. The Morgan fingerprint density at radius 1 is 1.13 bits per heavy atom. The van der Waals surface area contributed by atoms with Gasteiger partial charge in [-0.05, 0) is 56.4 Å². The lowest BCUT2D eigenvalue weighted by Gasteiger charge is -2.40. The molecule has 2 saturated heterocycles. The summed E-state index contributed by atoms with van der Waals surface area (Å²) in [6, 6.07) is 11.1. The minimum absolute atomic E-state index is 0.0623. The first-order chi connectivity index (χ1) is 14.6. The molecule has 1 unspecified atom stereocenters. The third-order valence-corrected chi connectivity index (χ3v) is 7.79. The molecule has 1 aromatic carbocycles. The highest BCUT2D eigenvalue weighted by Crippen LogP contribution is 2.41. The number of hydrogen-bond donors (Lipinski definition) is 2. The van der Waals surface area contributed by atoms with Crippen molar-refractivity contribution in [3.63, 3.8) is 0 Å². The van der Waals surface area contributed by atoms with E-state index in [9.17, 15) is 9.90 Å². The first kappa shape index (κ1) is 20.1. The topological polar surface area (TPSA) is 61.8 Å². The number of aliphatic carboxylic acids is 1. The van der Waals surface area contributed by atoms with Crippen LogP contribution >= 0.6 is 0 Å². The van der Waals surface area contributed by atoms with Gasteiger partial charge in [-0.2, -0.15) is 0 Å². The molecule has 0 radical (unpaired) electrons. The zero-order valence-corrected chi connectivity index (χ0v) is 17.8. The maximum absolute atomic E-state index is 11.1. The van der Waals surface area contributed by atoms with Gasteiger partial charge in [0.1, 0.15) is 0 Å². The second kappa shape index (κ2) is 8.35. The number of carbonyl (C=O) groups is 1. The number of likely N-dealkylation sites (tertiary alicyclic amines) is 1. The summed E-state index contributed by atoms with van der Waals surface area (Å²) < 4.78 is 6.36. The van der Waals surface area contributed by atoms with Gasteiger partial charge in [0.25, 0.3) is 0 Å². The van der Waals surface area contributed by atoms with Gasteiger partial charge in [-0.15, -0.1) is 0 Å². The van der Waals surface area contributed by atoms with Crippen LogP contribution in [-0.4, -0.2) is 53.9 Å². The molecule has 5 nitrogen and oxygen atoms in total. The lowest BCUT2D eigenvalue weighted by Crippen LogP contribution is -2.46. The lowest BCUT2D eigenvalue weighted by atomic mass is 9.81. The molecule has 0 bridgehead atoms. The van der Waals surface area contributed by atoms with Crippen molar-refractivity contribution in [2.24, 2.45) is 11.8 Å². The van der Waals surface area contributed by atoms with Crippen molar-refractivity contribution in [3.8, 4) is 0 Å². The van der Waals surface area contributed by atoms with E-state index < -0.39 is 5.97 Å². The minimum atomic E-state index is -0.605. The van der Waals surface area contributed by atoms with Crippen LogP contribution in [-0.2, 0) is 9.53 Å². The number of carboxylic acid groups (broad SMARTS) is 1. The fourth-order valence-corrected chi connectivity index (χ4v) is 5.83. The number of piperidine rings is 1. The van der Waals surface area contributed by atoms with Crippen LogP contribution in [0.4, 0.5) is 0 Å². The molecular weight excluding hydrogens is 376 g/mol. The minimum Gasteiger partial charge on any atom is -0.481 e. The standard InChI is InChI=1S/C25H34N2O3/c28-24(29)20-8-6-18(7-9-20)16-27-12-10-25(11-13-27)15-21(17-30-25)26-23-14-22(23)19-4-2-1-3-5-19/h1-5,14,18,20-22,26H,6-13,15-17H2,(H,28,29)/t18?,20?,21?,22-/m0/s1. The van der Waals surface area contributed by atoms with Crippen LogP contribution in [0.5, 0.6) is 0 Å². The molecule has 1 saturated carbocycles. The van der Waals surface area contributed by atoms with Gasteiger partial charge in [0.15, 0.2) is 0 Å². The van der Waals surface area contributed by atoms with E-state index in [-0.39, 0.29) is 11.5 Å². The van der Waals surface area contributed by atoms with Crippen molar-refractivity contribution in [3.05, 3.63) is 47.7 Å². The molecule has 0 amide bonds. The highest BCUT2D eigenvalue weighted by molar-refractivity contribution is 5.69. The van der Waals surface area contributed by atoms with Crippen molar-refractivity contribution in [2.75, 3.05) is 26.2 Å². The van der Waals surface area contributed by atoms with Crippen LogP contribution in [0.25, 0.3) is 0 Å². The molecule has 5 heteroatoms. The maximum atomic E-state index is 11.1. The Hall–Kier alpha value is -1.85. The van der Waals surface area contributed by atoms with Gasteiger partial charge in [-0.1, -0.05) is 36.4 Å². The van der Waals surface area contributed by atoms with Crippen LogP contribution in [0.2, 0.25) is 0 Å². The van der Waals surface area contributed by atoms with Gasteiger partial charge in [0, 0.05) is 31.2 Å². The Bertz CT molecular complexity index is 777. The molecule has 162 valence electrons. The molecule has 2 aliphatic heterocycles. The lowest BCUT2D eigenvalue weighted by molar-refractivity contribution is -0.143. The van der Waals surface area contributed by atoms with E-state index in [1.54, 1.807) is 0 Å². The number of nitrogens with zero attached hydrogens (tertiary/aromatic N) is 1. The SMILES string of the molecule is O=C(O)C1CCC(CN2CCC3(CC2)CC(NC2=C[C@H]2c2ccccc2)CO3)CC1. The zero-order valence-electron chi connectivity index (χ0n) is 17.8. The fourth-order valence-electron chi connectivity index (χ4n) is 5.83. The van der Waals surface area contributed by atoms with E-state index in [2.05, 4.69) is 46.6 Å². The Kier molecular flexibility index (Phi) is 5.59. The molecule has 1 aromatic rings. The van der Waals surface area contributed by atoms with Crippen LogP contribution in [0, 0.1) is 11.8 Å². The smallest absolute Gasteiger partial charge is 0.306 e. The van der Waals surface area contributed by atoms with Crippen LogP contribution in [0.1, 0.15) is 56.4 Å². The number of carboxylic acids is 1. The third kappa shape index (κ3) is 4.42. The maximum Gasteiger partial charge on any atom is 0.306 e. The molecule has 3 fully saturated rings. The second-order valence-electron chi connectivity index (χ2n) is 9.91. The van der Waals surface area contributed by atoms with E-state index in [1.807, 2.05) is 0 Å². The van der Waals surface area contributed by atoms with Gasteiger partial charge in [0.05, 0.1) is 24.2 Å². The monoisotopic (exact) mass is 410 g/mol. The molecule has 2 aliphatic carbocycles. The molecular formula is C25H34N2O3. The number of hydrogen-bond acceptors (Lipinski definition) is 4. The van der Waals surface area contributed by atoms with Gasteiger partial charge in [0.2, 0.25) is 0 Å². The normalized spacial score (nSPS) is 33.3. The predicted molar refractivity (Wildman–Crippen MR) is 116 cm³/mol. The molecule has 2 atom stereocenters.